The van der Waals surface area contributed by atoms with Gasteiger partial charge in [0.05, 0.1) is 23.4 Å². The molecule has 0 atom stereocenters. The number of nitrogens with zero attached hydrogens (tertiary/aromatic N) is 3. The van der Waals surface area contributed by atoms with Crippen LogP contribution in [-0.2, 0) is 0 Å². The Morgan fingerprint density at radius 1 is 1.13 bits per heavy atom. The Labute approximate surface area is 171 Å². The molecule has 0 radical (unpaired) electrons. The fraction of sp³-hybridized carbons (Fsp3) is 0.0909. The van der Waals surface area contributed by atoms with Crippen LogP contribution in [0.3, 0.4) is 0 Å². The summed E-state index contributed by atoms with van der Waals surface area (Å²) in [7, 11) is 1.52. The van der Waals surface area contributed by atoms with Crippen LogP contribution in [0.15, 0.2) is 67.0 Å². The summed E-state index contributed by atoms with van der Waals surface area (Å²) in [5.74, 6) is 0.0968. The highest BCUT2D eigenvalue weighted by molar-refractivity contribution is 6.05. The van der Waals surface area contributed by atoms with Gasteiger partial charge in [-0.3, -0.25) is 14.9 Å². The first-order chi connectivity index (χ1) is 14.4. The third-order valence-electron chi connectivity index (χ3n) is 4.70. The van der Waals surface area contributed by atoms with Crippen LogP contribution in [0.1, 0.15) is 15.9 Å². The molecule has 0 unspecified atom stereocenters. The molecule has 1 amide bonds. The van der Waals surface area contributed by atoms with Gasteiger partial charge in [-0.1, -0.05) is 0 Å². The number of non-ortho nitro benzene ring substituents is 1. The number of nitro groups is 1. The van der Waals surface area contributed by atoms with Crippen LogP contribution in [0.2, 0.25) is 0 Å². The van der Waals surface area contributed by atoms with E-state index >= 15 is 0 Å². The number of hydrogen-bond acceptors (Lipinski definition) is 5. The van der Waals surface area contributed by atoms with E-state index in [2.05, 4.69) is 10.3 Å². The maximum atomic E-state index is 12.6. The van der Waals surface area contributed by atoms with E-state index in [0.29, 0.717) is 17.0 Å². The van der Waals surface area contributed by atoms with E-state index in [1.165, 1.54) is 31.4 Å². The van der Waals surface area contributed by atoms with Crippen LogP contribution in [0.4, 0.5) is 11.4 Å². The zero-order valence-electron chi connectivity index (χ0n) is 16.3. The lowest BCUT2D eigenvalue weighted by Crippen LogP contribution is -2.12. The Hall–Kier alpha value is -4.20. The predicted molar refractivity (Wildman–Crippen MR) is 113 cm³/mol. The van der Waals surface area contributed by atoms with Crippen molar-refractivity contribution in [2.45, 2.75) is 6.92 Å². The lowest BCUT2D eigenvalue weighted by molar-refractivity contribution is -0.384. The molecule has 8 nitrogen and oxygen atoms in total. The van der Waals surface area contributed by atoms with E-state index in [0.717, 1.165) is 22.5 Å². The van der Waals surface area contributed by atoms with E-state index < -0.39 is 10.8 Å². The van der Waals surface area contributed by atoms with Gasteiger partial charge in [-0.05, 0) is 55.0 Å². The largest absolute Gasteiger partial charge is 0.495 e. The van der Waals surface area contributed by atoms with Crippen molar-refractivity contribution in [1.82, 2.24) is 9.38 Å². The number of methoxy groups -OCH3 is 1. The first-order valence-electron chi connectivity index (χ1n) is 9.14. The van der Waals surface area contributed by atoms with Gasteiger partial charge >= 0.3 is 0 Å². The van der Waals surface area contributed by atoms with Crippen molar-refractivity contribution in [3.63, 3.8) is 0 Å². The molecule has 2 heterocycles. The van der Waals surface area contributed by atoms with E-state index in [1.54, 1.807) is 12.1 Å². The summed E-state index contributed by atoms with van der Waals surface area (Å²) in [6, 6.07) is 14.8. The van der Waals surface area contributed by atoms with Crippen LogP contribution in [0.5, 0.6) is 5.75 Å². The third-order valence-corrected chi connectivity index (χ3v) is 4.70. The maximum Gasteiger partial charge on any atom is 0.269 e. The normalized spacial score (nSPS) is 10.7. The summed E-state index contributed by atoms with van der Waals surface area (Å²) in [5.41, 5.74) is 4.23. The number of ether oxygens (including phenoxy) is 1. The summed E-state index contributed by atoms with van der Waals surface area (Å²) in [5, 5.41) is 13.6. The van der Waals surface area contributed by atoms with Gasteiger partial charge in [0.1, 0.15) is 11.4 Å². The fourth-order valence-corrected chi connectivity index (χ4v) is 3.12. The average Bonchev–Trinajstić information content (AvgIpc) is 3.17. The molecule has 2 aromatic heterocycles. The molecule has 4 rings (SSSR count). The Bertz CT molecular complexity index is 1260. The number of anilines is 1. The molecule has 0 bridgehead atoms. The standard InChI is InChI=1S/C22H18N4O4/c1-14-9-10-25-13-19(23-21(25)11-14)16-5-8-20(30-2)18(12-16)24-22(27)15-3-6-17(7-4-15)26(28)29/h3-13H,1-2H3,(H,24,27). The van der Waals surface area contributed by atoms with Crippen molar-refractivity contribution >= 4 is 22.9 Å². The molecule has 0 aliphatic carbocycles. The lowest BCUT2D eigenvalue weighted by Gasteiger charge is -2.11. The first-order valence-corrected chi connectivity index (χ1v) is 9.14. The number of aromatic nitrogens is 2. The predicted octanol–water partition coefficient (Wildman–Crippen LogP) is 4.48. The number of nitrogens with one attached hydrogen (secondary N) is 1. The molecule has 30 heavy (non-hydrogen) atoms. The van der Waals surface area contributed by atoms with Gasteiger partial charge < -0.3 is 14.5 Å². The Morgan fingerprint density at radius 2 is 1.90 bits per heavy atom. The number of aryl methyl sites for hydroxylation is 1. The van der Waals surface area contributed by atoms with Crippen LogP contribution < -0.4 is 10.1 Å². The molecular weight excluding hydrogens is 384 g/mol. The van der Waals surface area contributed by atoms with Gasteiger partial charge in [-0.2, -0.15) is 0 Å². The Balaban J connectivity index is 1.65. The summed E-state index contributed by atoms with van der Waals surface area (Å²) in [4.78, 5) is 27.6. The van der Waals surface area contributed by atoms with Crippen molar-refractivity contribution in [3.8, 4) is 17.0 Å². The molecule has 0 aliphatic heterocycles. The maximum absolute atomic E-state index is 12.6. The molecule has 0 aliphatic rings. The monoisotopic (exact) mass is 402 g/mol. The molecule has 8 heteroatoms. The van der Waals surface area contributed by atoms with Crippen molar-refractivity contribution in [2.24, 2.45) is 0 Å². The fourth-order valence-electron chi connectivity index (χ4n) is 3.12. The van der Waals surface area contributed by atoms with Gasteiger partial charge in [0.15, 0.2) is 0 Å². The minimum absolute atomic E-state index is 0.0757. The molecule has 1 N–H and O–H groups in total. The second-order valence-electron chi connectivity index (χ2n) is 6.77. The summed E-state index contributed by atoms with van der Waals surface area (Å²) in [6.45, 7) is 2.01. The molecular formula is C22H18N4O4. The second kappa shape index (κ2) is 7.67. The highest BCUT2D eigenvalue weighted by atomic mass is 16.6. The first kappa shape index (κ1) is 19.1. The highest BCUT2D eigenvalue weighted by Crippen LogP contribution is 2.31. The van der Waals surface area contributed by atoms with Crippen LogP contribution in [-0.4, -0.2) is 27.3 Å². The van der Waals surface area contributed by atoms with Gasteiger partial charge in [0, 0.05) is 35.7 Å². The number of carbonyl (C=O) groups is 1. The highest BCUT2D eigenvalue weighted by Gasteiger charge is 2.14. The molecule has 0 fully saturated rings. The number of carbonyl (C=O) groups excluding carboxylic acids is 1. The average molecular weight is 402 g/mol. The number of rotatable bonds is 5. The van der Waals surface area contributed by atoms with E-state index in [4.69, 9.17) is 4.74 Å². The molecule has 2 aromatic carbocycles. The number of amides is 1. The number of fused-ring (bicyclic) bond motifs is 1. The minimum atomic E-state index is -0.509. The zero-order valence-corrected chi connectivity index (χ0v) is 16.3. The number of nitro benzene ring substituents is 1. The smallest absolute Gasteiger partial charge is 0.269 e. The number of pyridine rings is 1. The van der Waals surface area contributed by atoms with E-state index in [9.17, 15) is 14.9 Å². The van der Waals surface area contributed by atoms with Crippen LogP contribution in [0.25, 0.3) is 16.9 Å². The van der Waals surface area contributed by atoms with Crippen molar-refractivity contribution < 1.29 is 14.5 Å². The van der Waals surface area contributed by atoms with Gasteiger partial charge in [0.25, 0.3) is 11.6 Å². The number of hydrogen-bond donors (Lipinski definition) is 1. The van der Waals surface area contributed by atoms with Crippen LogP contribution >= 0.6 is 0 Å². The second-order valence-corrected chi connectivity index (χ2v) is 6.77. The Morgan fingerprint density at radius 3 is 2.60 bits per heavy atom. The van der Waals surface area contributed by atoms with Gasteiger partial charge in [0.2, 0.25) is 0 Å². The SMILES string of the molecule is COc1ccc(-c2cn3ccc(C)cc3n2)cc1NC(=O)c1ccc([N+](=O)[O-])cc1. The van der Waals surface area contributed by atoms with Crippen LogP contribution in [0, 0.1) is 17.0 Å². The summed E-state index contributed by atoms with van der Waals surface area (Å²) >= 11 is 0. The molecule has 150 valence electrons. The third kappa shape index (κ3) is 3.70. The summed E-state index contributed by atoms with van der Waals surface area (Å²) < 4.78 is 7.30. The lowest BCUT2D eigenvalue weighted by atomic mass is 10.1. The molecule has 0 saturated carbocycles. The van der Waals surface area contributed by atoms with E-state index in [1.807, 2.05) is 41.9 Å². The van der Waals surface area contributed by atoms with Crippen molar-refractivity contribution in [3.05, 3.63) is 88.2 Å². The van der Waals surface area contributed by atoms with Crippen molar-refractivity contribution in [2.75, 3.05) is 12.4 Å². The molecule has 4 aromatic rings. The van der Waals surface area contributed by atoms with E-state index in [-0.39, 0.29) is 5.69 Å². The summed E-state index contributed by atoms with van der Waals surface area (Å²) in [6.07, 6.45) is 3.86. The zero-order chi connectivity index (χ0) is 21.3. The molecule has 0 spiro atoms. The molecule has 0 saturated heterocycles. The van der Waals surface area contributed by atoms with Crippen molar-refractivity contribution in [1.29, 1.82) is 0 Å². The number of imidazole rings is 1. The number of benzene rings is 2. The quantitative estimate of drug-likeness (QED) is 0.392. The topological polar surface area (TPSA) is 98.8 Å². The van der Waals surface area contributed by atoms with Gasteiger partial charge in [-0.25, -0.2) is 4.98 Å². The Kier molecular flexibility index (Phi) is 4.89. The van der Waals surface area contributed by atoms with Gasteiger partial charge in [-0.15, -0.1) is 0 Å². The minimum Gasteiger partial charge on any atom is -0.495 e.